The minimum Gasteiger partial charge on any atom is -0.388 e. The van der Waals surface area contributed by atoms with Crippen LogP contribution in [0.15, 0.2) is 18.5 Å². The quantitative estimate of drug-likeness (QED) is 0.824. The summed E-state index contributed by atoms with van der Waals surface area (Å²) in [5, 5.41) is 3.04. The fourth-order valence-corrected chi connectivity index (χ4v) is 3.52. The SMILES string of the molecule is Cc1cc(OC(F)(F)F)ncc1Nc1ncc2c(n1)N(C1CCOCC1)CN2C. The van der Waals surface area contributed by atoms with Crippen molar-refractivity contribution < 1.29 is 22.6 Å². The topological polar surface area (TPSA) is 75.6 Å². The van der Waals surface area contributed by atoms with Gasteiger partial charge in [-0.25, -0.2) is 9.97 Å². The van der Waals surface area contributed by atoms with Crippen molar-refractivity contribution >= 4 is 23.1 Å². The number of fused-ring (bicyclic) bond motifs is 1. The number of halogens is 3. The first-order valence-electron chi connectivity index (χ1n) is 9.22. The average molecular weight is 410 g/mol. The Balaban J connectivity index is 1.55. The molecule has 1 fully saturated rings. The third-order valence-electron chi connectivity index (χ3n) is 4.98. The molecule has 0 bridgehead atoms. The highest BCUT2D eigenvalue weighted by atomic mass is 19.4. The number of hydrogen-bond acceptors (Lipinski definition) is 8. The molecule has 1 saturated heterocycles. The van der Waals surface area contributed by atoms with E-state index in [-0.39, 0.29) is 0 Å². The van der Waals surface area contributed by atoms with E-state index in [1.807, 2.05) is 7.05 Å². The highest BCUT2D eigenvalue weighted by Crippen LogP contribution is 2.37. The van der Waals surface area contributed by atoms with Crippen LogP contribution in [-0.4, -0.2) is 54.3 Å². The van der Waals surface area contributed by atoms with Gasteiger partial charge in [-0.1, -0.05) is 0 Å². The third-order valence-corrected chi connectivity index (χ3v) is 4.98. The fraction of sp³-hybridized carbons (Fsp3) is 0.500. The molecule has 4 heterocycles. The predicted molar refractivity (Wildman–Crippen MR) is 101 cm³/mol. The van der Waals surface area contributed by atoms with Crippen molar-refractivity contribution in [2.45, 2.75) is 32.2 Å². The summed E-state index contributed by atoms with van der Waals surface area (Å²) in [5.41, 5.74) is 1.97. The molecular weight excluding hydrogens is 389 g/mol. The number of aryl methyl sites for hydroxylation is 1. The van der Waals surface area contributed by atoms with Crippen molar-refractivity contribution in [3.63, 3.8) is 0 Å². The molecule has 11 heteroatoms. The van der Waals surface area contributed by atoms with Crippen LogP contribution in [0.3, 0.4) is 0 Å². The molecule has 0 amide bonds. The lowest BCUT2D eigenvalue weighted by atomic mass is 10.1. The van der Waals surface area contributed by atoms with Gasteiger partial charge in [-0.15, -0.1) is 13.2 Å². The second kappa shape index (κ2) is 7.54. The molecule has 0 atom stereocenters. The first-order valence-corrected chi connectivity index (χ1v) is 9.22. The van der Waals surface area contributed by atoms with Crippen LogP contribution in [0.1, 0.15) is 18.4 Å². The van der Waals surface area contributed by atoms with E-state index in [1.165, 1.54) is 12.3 Å². The van der Waals surface area contributed by atoms with Gasteiger partial charge in [-0.2, -0.15) is 4.98 Å². The smallest absolute Gasteiger partial charge is 0.388 e. The van der Waals surface area contributed by atoms with Crippen molar-refractivity contribution in [1.82, 2.24) is 15.0 Å². The van der Waals surface area contributed by atoms with Crippen LogP contribution in [0.25, 0.3) is 0 Å². The van der Waals surface area contributed by atoms with E-state index in [0.717, 1.165) is 44.2 Å². The Hall–Kier alpha value is -2.82. The summed E-state index contributed by atoms with van der Waals surface area (Å²) in [6, 6.07) is 1.56. The molecule has 29 heavy (non-hydrogen) atoms. The van der Waals surface area contributed by atoms with Crippen LogP contribution in [0.5, 0.6) is 5.88 Å². The fourth-order valence-electron chi connectivity index (χ4n) is 3.52. The molecule has 0 unspecified atom stereocenters. The van der Waals surface area contributed by atoms with E-state index >= 15 is 0 Å². The van der Waals surface area contributed by atoms with Crippen LogP contribution in [0.2, 0.25) is 0 Å². The van der Waals surface area contributed by atoms with Gasteiger partial charge in [0.2, 0.25) is 11.8 Å². The predicted octanol–water partition coefficient (Wildman–Crippen LogP) is 3.21. The zero-order chi connectivity index (χ0) is 20.6. The first kappa shape index (κ1) is 19.5. The van der Waals surface area contributed by atoms with Crippen molar-refractivity contribution in [2.75, 3.05) is 42.0 Å². The van der Waals surface area contributed by atoms with Crippen LogP contribution in [0.4, 0.5) is 36.3 Å². The monoisotopic (exact) mass is 410 g/mol. The van der Waals surface area contributed by atoms with Gasteiger partial charge >= 0.3 is 6.36 Å². The van der Waals surface area contributed by atoms with Gasteiger partial charge in [-0.05, 0) is 25.3 Å². The maximum atomic E-state index is 12.4. The van der Waals surface area contributed by atoms with E-state index in [9.17, 15) is 13.2 Å². The Morgan fingerprint density at radius 3 is 2.66 bits per heavy atom. The van der Waals surface area contributed by atoms with Gasteiger partial charge in [0.1, 0.15) is 0 Å². The first-order chi connectivity index (χ1) is 13.8. The summed E-state index contributed by atoms with van der Waals surface area (Å²) in [7, 11) is 1.99. The molecule has 0 saturated carbocycles. The van der Waals surface area contributed by atoms with Crippen LogP contribution >= 0.6 is 0 Å². The summed E-state index contributed by atoms with van der Waals surface area (Å²) in [6.07, 6.45) is 0.105. The molecular formula is C18H21F3N6O2. The summed E-state index contributed by atoms with van der Waals surface area (Å²) in [5.74, 6) is 0.674. The minimum absolute atomic E-state index is 0.345. The zero-order valence-electron chi connectivity index (χ0n) is 16.0. The van der Waals surface area contributed by atoms with Crippen molar-refractivity contribution in [3.8, 4) is 5.88 Å². The van der Waals surface area contributed by atoms with E-state index < -0.39 is 12.2 Å². The highest BCUT2D eigenvalue weighted by molar-refractivity contribution is 5.73. The lowest BCUT2D eigenvalue weighted by Crippen LogP contribution is -2.41. The Morgan fingerprint density at radius 1 is 1.21 bits per heavy atom. The second-order valence-electron chi connectivity index (χ2n) is 7.07. The molecule has 0 radical (unpaired) electrons. The van der Waals surface area contributed by atoms with Gasteiger partial charge in [-0.3, -0.25) is 0 Å². The lowest BCUT2D eigenvalue weighted by molar-refractivity contribution is -0.276. The molecule has 0 aliphatic carbocycles. The molecule has 0 spiro atoms. The van der Waals surface area contributed by atoms with Gasteiger partial charge in [0.15, 0.2) is 5.82 Å². The van der Waals surface area contributed by atoms with Crippen molar-refractivity contribution in [2.24, 2.45) is 0 Å². The molecule has 8 nitrogen and oxygen atoms in total. The Morgan fingerprint density at radius 2 is 1.97 bits per heavy atom. The number of aromatic nitrogens is 3. The number of ether oxygens (including phenoxy) is 2. The maximum Gasteiger partial charge on any atom is 0.574 e. The third kappa shape index (κ3) is 4.29. The van der Waals surface area contributed by atoms with E-state index in [2.05, 4.69) is 34.8 Å². The van der Waals surface area contributed by atoms with Gasteiger partial charge in [0, 0.05) is 32.4 Å². The molecule has 4 rings (SSSR count). The van der Waals surface area contributed by atoms with Crippen LogP contribution in [0, 0.1) is 6.92 Å². The van der Waals surface area contributed by atoms with Crippen molar-refractivity contribution in [1.29, 1.82) is 0 Å². The Kier molecular flexibility index (Phi) is 5.07. The van der Waals surface area contributed by atoms with Crippen LogP contribution in [-0.2, 0) is 4.74 Å². The molecule has 2 aromatic rings. The van der Waals surface area contributed by atoms with Crippen molar-refractivity contribution in [3.05, 3.63) is 24.0 Å². The molecule has 1 N–H and O–H groups in total. The number of nitrogens with one attached hydrogen (secondary N) is 1. The largest absolute Gasteiger partial charge is 0.574 e. The van der Waals surface area contributed by atoms with E-state index in [0.29, 0.717) is 23.2 Å². The molecule has 2 aromatic heterocycles. The molecule has 0 aromatic carbocycles. The number of rotatable bonds is 4. The molecule has 2 aliphatic rings. The lowest BCUT2D eigenvalue weighted by Gasteiger charge is -2.32. The zero-order valence-corrected chi connectivity index (χ0v) is 16.0. The highest BCUT2D eigenvalue weighted by Gasteiger charge is 2.33. The Labute approximate surface area is 165 Å². The Bertz CT molecular complexity index is 888. The summed E-state index contributed by atoms with van der Waals surface area (Å²) in [6.45, 7) is 3.84. The summed E-state index contributed by atoms with van der Waals surface area (Å²) in [4.78, 5) is 17.0. The van der Waals surface area contributed by atoms with E-state index in [4.69, 9.17) is 4.74 Å². The van der Waals surface area contributed by atoms with Gasteiger partial charge in [0.25, 0.3) is 0 Å². The standard InChI is InChI=1S/C18H21F3N6O2/c1-11-7-15(29-18(19,20)21)22-8-13(11)24-17-23-9-14-16(25-17)27(10-26(14)2)12-3-5-28-6-4-12/h7-9,12H,3-6,10H2,1-2H3,(H,23,24,25). The van der Waals surface area contributed by atoms with Gasteiger partial charge in [0.05, 0.1) is 30.4 Å². The normalized spacial score (nSPS) is 17.4. The van der Waals surface area contributed by atoms with Crippen LogP contribution < -0.4 is 19.9 Å². The number of anilines is 4. The second-order valence-corrected chi connectivity index (χ2v) is 7.07. The number of pyridine rings is 1. The summed E-state index contributed by atoms with van der Waals surface area (Å²) >= 11 is 0. The number of alkyl halides is 3. The maximum absolute atomic E-state index is 12.4. The number of nitrogens with zero attached hydrogens (tertiary/aromatic N) is 5. The molecule has 2 aliphatic heterocycles. The minimum atomic E-state index is -4.78. The molecule has 156 valence electrons. The average Bonchev–Trinajstić information content (AvgIpc) is 3.00. The summed E-state index contributed by atoms with van der Waals surface area (Å²) < 4.78 is 46.4. The van der Waals surface area contributed by atoms with Gasteiger partial charge < -0.3 is 24.6 Å². The van der Waals surface area contributed by atoms with E-state index in [1.54, 1.807) is 13.1 Å². The number of hydrogen-bond donors (Lipinski definition) is 1.